The van der Waals surface area contributed by atoms with Crippen LogP contribution < -0.4 is 0 Å². The molecule has 1 saturated carbocycles. The van der Waals surface area contributed by atoms with Crippen LogP contribution in [-0.4, -0.2) is 22.4 Å². The van der Waals surface area contributed by atoms with Gasteiger partial charge in [-0.1, -0.05) is 25.9 Å². The van der Waals surface area contributed by atoms with E-state index in [0.29, 0.717) is 10.7 Å². The Kier molecular flexibility index (Phi) is 3.87. The first-order valence-corrected chi connectivity index (χ1v) is 6.51. The molecule has 1 aliphatic carbocycles. The number of hydrogen-bond acceptors (Lipinski definition) is 3. The number of hydrogen-bond donors (Lipinski definition) is 1. The van der Waals surface area contributed by atoms with Crippen molar-refractivity contribution >= 4 is 17.5 Å². The van der Waals surface area contributed by atoms with E-state index < -0.39 is 0 Å². The Morgan fingerprint density at radius 2 is 2.07 bits per heavy atom. The van der Waals surface area contributed by atoms with E-state index in [4.69, 9.17) is 5.21 Å². The van der Waals surface area contributed by atoms with E-state index in [0.717, 1.165) is 24.5 Å². The fraction of sp³-hybridized carbons (Fsp3) is 0.909. The molecule has 1 N–H and O–H groups in total. The zero-order valence-electron chi connectivity index (χ0n) is 9.58. The largest absolute Gasteiger partial charge is 0.411 e. The highest BCUT2D eigenvalue weighted by Gasteiger charge is 2.33. The van der Waals surface area contributed by atoms with Crippen molar-refractivity contribution in [2.75, 3.05) is 6.26 Å². The summed E-state index contributed by atoms with van der Waals surface area (Å²) >= 11 is 1.81. The molecule has 0 aromatic carbocycles. The highest BCUT2D eigenvalue weighted by molar-refractivity contribution is 7.99. The molecule has 1 aliphatic rings. The van der Waals surface area contributed by atoms with Gasteiger partial charge in [-0.15, -0.1) is 0 Å². The third-order valence-corrected chi connectivity index (χ3v) is 4.29. The van der Waals surface area contributed by atoms with Crippen LogP contribution in [0.4, 0.5) is 0 Å². The lowest BCUT2D eigenvalue weighted by Gasteiger charge is -2.37. The molecule has 0 spiro atoms. The summed E-state index contributed by atoms with van der Waals surface area (Å²) in [5, 5.41) is 12.7. The van der Waals surface area contributed by atoms with Crippen molar-refractivity contribution in [1.82, 2.24) is 0 Å². The van der Waals surface area contributed by atoms with Crippen molar-refractivity contribution in [3.63, 3.8) is 0 Å². The molecular formula is C11H21NOS. The Hall–Kier alpha value is -0.180. The predicted molar refractivity (Wildman–Crippen MR) is 63.3 cm³/mol. The maximum Gasteiger partial charge on any atom is 0.0700 e. The van der Waals surface area contributed by atoms with Crippen LogP contribution in [-0.2, 0) is 0 Å². The zero-order valence-corrected chi connectivity index (χ0v) is 10.4. The molecule has 82 valence electrons. The van der Waals surface area contributed by atoms with Crippen molar-refractivity contribution < 1.29 is 5.21 Å². The summed E-state index contributed by atoms with van der Waals surface area (Å²) in [6.07, 6.45) is 5.38. The quantitative estimate of drug-likeness (QED) is 0.537. The van der Waals surface area contributed by atoms with Gasteiger partial charge in [-0.2, -0.15) is 11.8 Å². The van der Waals surface area contributed by atoms with Gasteiger partial charge >= 0.3 is 0 Å². The molecule has 1 fully saturated rings. The van der Waals surface area contributed by atoms with Crippen LogP contribution in [0.2, 0.25) is 0 Å². The van der Waals surface area contributed by atoms with Crippen LogP contribution in [0, 0.1) is 11.3 Å². The Morgan fingerprint density at radius 3 is 2.50 bits per heavy atom. The van der Waals surface area contributed by atoms with E-state index in [1.54, 1.807) is 0 Å². The number of nitrogens with zero attached hydrogens (tertiary/aromatic N) is 1. The molecule has 0 amide bonds. The molecule has 0 aliphatic heterocycles. The maximum atomic E-state index is 8.86. The van der Waals surface area contributed by atoms with Crippen molar-refractivity contribution in [2.45, 2.75) is 45.3 Å². The van der Waals surface area contributed by atoms with Crippen LogP contribution in [0.5, 0.6) is 0 Å². The molecule has 0 bridgehead atoms. The average molecular weight is 215 g/mol. The van der Waals surface area contributed by atoms with E-state index in [9.17, 15) is 0 Å². The molecule has 0 unspecified atom stereocenters. The van der Waals surface area contributed by atoms with Crippen LogP contribution in [0.15, 0.2) is 5.16 Å². The SMILES string of the molecule is CS[C@@H]1C[C@H](C(C)(C)C)CC/C1=N\O. The second-order valence-electron chi connectivity index (χ2n) is 5.15. The molecule has 3 heteroatoms. The van der Waals surface area contributed by atoms with E-state index in [2.05, 4.69) is 32.2 Å². The monoisotopic (exact) mass is 215 g/mol. The van der Waals surface area contributed by atoms with Gasteiger partial charge < -0.3 is 5.21 Å². The van der Waals surface area contributed by atoms with Crippen LogP contribution in [0.1, 0.15) is 40.0 Å². The van der Waals surface area contributed by atoms with Crippen LogP contribution >= 0.6 is 11.8 Å². The second kappa shape index (κ2) is 4.56. The van der Waals surface area contributed by atoms with Gasteiger partial charge in [0.2, 0.25) is 0 Å². The average Bonchev–Trinajstić information content (AvgIpc) is 2.15. The third-order valence-electron chi connectivity index (χ3n) is 3.26. The topological polar surface area (TPSA) is 32.6 Å². The summed E-state index contributed by atoms with van der Waals surface area (Å²) in [7, 11) is 0. The number of thioether (sulfide) groups is 1. The Bertz CT molecular complexity index is 220. The molecule has 0 saturated heterocycles. The molecular weight excluding hydrogens is 194 g/mol. The van der Waals surface area contributed by atoms with Crippen LogP contribution in [0.3, 0.4) is 0 Å². The summed E-state index contributed by atoms with van der Waals surface area (Å²) in [6.45, 7) is 6.91. The molecule has 0 radical (unpaired) electrons. The highest BCUT2D eigenvalue weighted by Crippen LogP contribution is 2.39. The lowest BCUT2D eigenvalue weighted by molar-refractivity contribution is 0.207. The lowest BCUT2D eigenvalue weighted by Crippen LogP contribution is -2.33. The van der Waals surface area contributed by atoms with Gasteiger partial charge in [0.1, 0.15) is 0 Å². The normalized spacial score (nSPS) is 32.1. The predicted octanol–water partition coefficient (Wildman–Crippen LogP) is 3.39. The molecule has 0 aromatic rings. The number of rotatable bonds is 1. The minimum atomic E-state index is 0.384. The van der Waals surface area contributed by atoms with Gasteiger partial charge in [-0.3, -0.25) is 0 Å². The Morgan fingerprint density at radius 1 is 1.43 bits per heavy atom. The summed E-state index contributed by atoms with van der Waals surface area (Å²) in [5.41, 5.74) is 1.37. The van der Waals surface area contributed by atoms with Crippen molar-refractivity contribution in [2.24, 2.45) is 16.5 Å². The molecule has 0 aromatic heterocycles. The summed E-state index contributed by atoms with van der Waals surface area (Å²) < 4.78 is 0. The fourth-order valence-electron chi connectivity index (χ4n) is 2.13. The summed E-state index contributed by atoms with van der Waals surface area (Å²) in [6, 6.07) is 0. The minimum Gasteiger partial charge on any atom is -0.411 e. The lowest BCUT2D eigenvalue weighted by atomic mass is 9.72. The standard InChI is InChI=1S/C11H21NOS/c1-11(2,3)8-5-6-9(12-13)10(7-8)14-4/h8,10,13H,5-7H2,1-4H3/b12-9+/t8-,10-/m1/s1. The summed E-state index contributed by atoms with van der Waals surface area (Å²) in [4.78, 5) is 0. The second-order valence-corrected chi connectivity index (χ2v) is 6.19. The fourth-order valence-corrected chi connectivity index (χ4v) is 2.99. The third kappa shape index (κ3) is 2.66. The molecule has 2 nitrogen and oxygen atoms in total. The first-order valence-electron chi connectivity index (χ1n) is 5.22. The van der Waals surface area contributed by atoms with Crippen molar-refractivity contribution in [3.05, 3.63) is 0 Å². The zero-order chi connectivity index (χ0) is 10.8. The van der Waals surface area contributed by atoms with Gasteiger partial charge in [-0.05, 0) is 36.9 Å². The van der Waals surface area contributed by atoms with E-state index in [1.165, 1.54) is 6.42 Å². The van der Waals surface area contributed by atoms with Crippen molar-refractivity contribution in [1.29, 1.82) is 0 Å². The molecule has 0 heterocycles. The molecule has 1 rings (SSSR count). The van der Waals surface area contributed by atoms with Crippen LogP contribution in [0.25, 0.3) is 0 Å². The maximum absolute atomic E-state index is 8.86. The number of oxime groups is 1. The Labute approximate surface area is 91.1 Å². The van der Waals surface area contributed by atoms with E-state index in [-0.39, 0.29) is 0 Å². The van der Waals surface area contributed by atoms with Gasteiger partial charge in [0.05, 0.1) is 5.71 Å². The highest BCUT2D eigenvalue weighted by atomic mass is 32.2. The van der Waals surface area contributed by atoms with Gasteiger partial charge in [-0.25, -0.2) is 0 Å². The van der Waals surface area contributed by atoms with E-state index in [1.807, 2.05) is 11.8 Å². The minimum absolute atomic E-state index is 0.384. The smallest absolute Gasteiger partial charge is 0.0700 e. The Balaban J connectivity index is 2.66. The molecule has 2 atom stereocenters. The van der Waals surface area contributed by atoms with Gasteiger partial charge in [0, 0.05) is 5.25 Å². The van der Waals surface area contributed by atoms with E-state index >= 15 is 0 Å². The molecule has 14 heavy (non-hydrogen) atoms. The first-order chi connectivity index (χ1) is 6.49. The van der Waals surface area contributed by atoms with Gasteiger partial charge in [0.25, 0.3) is 0 Å². The first kappa shape index (κ1) is 11.9. The van der Waals surface area contributed by atoms with Crippen molar-refractivity contribution in [3.8, 4) is 0 Å². The summed E-state index contributed by atoms with van der Waals surface area (Å²) in [5.74, 6) is 0.755. The van der Waals surface area contributed by atoms with Gasteiger partial charge in [0.15, 0.2) is 0 Å².